The number of halogens is 1. The molecule has 0 unspecified atom stereocenters. The standard InChI is InChI=1S/C17H17ClN2O/c1-12-2-4-13(5-3-12)17(21)19-20-9-8-14-10-16(18)7-6-15(14)11-20/h2-7,10H,8-9,11H2,1H3,(H,19,21). The molecule has 0 atom stereocenters. The van der Waals surface area contributed by atoms with E-state index in [2.05, 4.69) is 5.43 Å². The number of nitrogens with zero attached hydrogens (tertiary/aromatic N) is 1. The van der Waals surface area contributed by atoms with Gasteiger partial charge in [0.05, 0.1) is 0 Å². The van der Waals surface area contributed by atoms with Crippen molar-refractivity contribution in [1.29, 1.82) is 0 Å². The van der Waals surface area contributed by atoms with Crippen molar-refractivity contribution in [2.45, 2.75) is 19.9 Å². The van der Waals surface area contributed by atoms with E-state index >= 15 is 0 Å². The first-order chi connectivity index (χ1) is 10.1. The first-order valence-electron chi connectivity index (χ1n) is 7.02. The third-order valence-electron chi connectivity index (χ3n) is 3.75. The highest BCUT2D eigenvalue weighted by Crippen LogP contribution is 2.21. The average molecular weight is 301 g/mol. The molecule has 0 spiro atoms. The minimum Gasteiger partial charge on any atom is -0.284 e. The summed E-state index contributed by atoms with van der Waals surface area (Å²) in [5.41, 5.74) is 7.29. The fourth-order valence-corrected chi connectivity index (χ4v) is 2.72. The summed E-state index contributed by atoms with van der Waals surface area (Å²) in [7, 11) is 0. The van der Waals surface area contributed by atoms with Crippen LogP contribution in [-0.2, 0) is 13.0 Å². The second-order valence-corrected chi connectivity index (χ2v) is 5.83. The van der Waals surface area contributed by atoms with Crippen LogP contribution in [-0.4, -0.2) is 17.5 Å². The summed E-state index contributed by atoms with van der Waals surface area (Å²) < 4.78 is 0. The van der Waals surface area contributed by atoms with Gasteiger partial charge in [0, 0.05) is 23.7 Å². The molecule has 0 aromatic heterocycles. The molecule has 0 fully saturated rings. The molecule has 2 aromatic carbocycles. The van der Waals surface area contributed by atoms with E-state index in [-0.39, 0.29) is 5.91 Å². The first kappa shape index (κ1) is 14.1. The van der Waals surface area contributed by atoms with Gasteiger partial charge < -0.3 is 0 Å². The van der Waals surface area contributed by atoms with Gasteiger partial charge in [-0.15, -0.1) is 0 Å². The van der Waals surface area contributed by atoms with Gasteiger partial charge in [-0.25, -0.2) is 5.01 Å². The number of nitrogens with one attached hydrogen (secondary N) is 1. The zero-order valence-electron chi connectivity index (χ0n) is 11.9. The predicted octanol–water partition coefficient (Wildman–Crippen LogP) is 3.35. The van der Waals surface area contributed by atoms with Gasteiger partial charge in [-0.2, -0.15) is 0 Å². The normalized spacial score (nSPS) is 14.6. The molecule has 4 heteroatoms. The van der Waals surface area contributed by atoms with Gasteiger partial charge in [-0.05, 0) is 48.7 Å². The number of fused-ring (bicyclic) bond motifs is 1. The number of carbonyl (C=O) groups is 1. The smallest absolute Gasteiger partial charge is 0.265 e. The quantitative estimate of drug-likeness (QED) is 0.922. The monoisotopic (exact) mass is 300 g/mol. The molecule has 21 heavy (non-hydrogen) atoms. The Hall–Kier alpha value is -1.84. The maximum Gasteiger partial charge on any atom is 0.265 e. The molecule has 0 aliphatic carbocycles. The Morgan fingerprint density at radius 3 is 2.67 bits per heavy atom. The summed E-state index contributed by atoms with van der Waals surface area (Å²) in [4.78, 5) is 12.2. The van der Waals surface area contributed by atoms with Crippen LogP contribution in [0.4, 0.5) is 0 Å². The molecular formula is C17H17ClN2O. The number of hydrazine groups is 1. The lowest BCUT2D eigenvalue weighted by atomic mass is 10.0. The van der Waals surface area contributed by atoms with E-state index in [9.17, 15) is 4.79 Å². The maximum atomic E-state index is 12.2. The number of aryl methyl sites for hydroxylation is 1. The molecule has 1 aliphatic heterocycles. The summed E-state index contributed by atoms with van der Waals surface area (Å²) >= 11 is 6.01. The van der Waals surface area contributed by atoms with Crippen LogP contribution in [0.25, 0.3) is 0 Å². The van der Waals surface area contributed by atoms with Gasteiger partial charge >= 0.3 is 0 Å². The highest BCUT2D eigenvalue weighted by molar-refractivity contribution is 6.30. The van der Waals surface area contributed by atoms with Crippen LogP contribution < -0.4 is 5.43 Å². The molecule has 3 rings (SSSR count). The molecule has 0 saturated heterocycles. The van der Waals surface area contributed by atoms with Crippen molar-refractivity contribution in [1.82, 2.24) is 10.4 Å². The molecule has 0 radical (unpaired) electrons. The van der Waals surface area contributed by atoms with E-state index < -0.39 is 0 Å². The van der Waals surface area contributed by atoms with Gasteiger partial charge in [-0.3, -0.25) is 10.2 Å². The van der Waals surface area contributed by atoms with Crippen molar-refractivity contribution in [3.8, 4) is 0 Å². The lowest BCUT2D eigenvalue weighted by Crippen LogP contribution is -2.44. The molecule has 0 saturated carbocycles. The Kier molecular flexibility index (Phi) is 3.95. The van der Waals surface area contributed by atoms with Crippen LogP contribution in [0.1, 0.15) is 27.0 Å². The second kappa shape index (κ2) is 5.88. The van der Waals surface area contributed by atoms with E-state index in [0.29, 0.717) is 12.1 Å². The Balaban J connectivity index is 1.68. The zero-order chi connectivity index (χ0) is 14.8. The summed E-state index contributed by atoms with van der Waals surface area (Å²) in [6.07, 6.45) is 0.893. The minimum absolute atomic E-state index is 0.0626. The van der Waals surface area contributed by atoms with Gasteiger partial charge in [0.15, 0.2) is 0 Å². The molecule has 108 valence electrons. The molecule has 1 aliphatic rings. The van der Waals surface area contributed by atoms with E-state index in [4.69, 9.17) is 11.6 Å². The van der Waals surface area contributed by atoms with Crippen molar-refractivity contribution in [3.63, 3.8) is 0 Å². The highest BCUT2D eigenvalue weighted by Gasteiger charge is 2.18. The Morgan fingerprint density at radius 2 is 1.90 bits per heavy atom. The molecular weight excluding hydrogens is 284 g/mol. The van der Waals surface area contributed by atoms with Gasteiger partial charge in [0.1, 0.15) is 0 Å². The van der Waals surface area contributed by atoms with Gasteiger partial charge in [0.25, 0.3) is 5.91 Å². The number of carbonyl (C=O) groups excluding carboxylic acids is 1. The van der Waals surface area contributed by atoms with E-state index in [1.54, 1.807) is 0 Å². The SMILES string of the molecule is Cc1ccc(C(=O)NN2CCc3cc(Cl)ccc3C2)cc1. The topological polar surface area (TPSA) is 32.3 Å². The summed E-state index contributed by atoms with van der Waals surface area (Å²) in [6.45, 7) is 3.52. The van der Waals surface area contributed by atoms with Crippen LogP contribution in [0.5, 0.6) is 0 Å². The van der Waals surface area contributed by atoms with E-state index in [1.807, 2.05) is 54.4 Å². The molecule has 0 bridgehead atoms. The Morgan fingerprint density at radius 1 is 1.14 bits per heavy atom. The zero-order valence-corrected chi connectivity index (χ0v) is 12.7. The summed E-state index contributed by atoms with van der Waals surface area (Å²) in [5.74, 6) is -0.0626. The highest BCUT2D eigenvalue weighted by atomic mass is 35.5. The molecule has 1 amide bonds. The number of hydrogen-bond donors (Lipinski definition) is 1. The first-order valence-corrected chi connectivity index (χ1v) is 7.39. The average Bonchev–Trinajstić information content (AvgIpc) is 2.48. The van der Waals surface area contributed by atoms with Crippen LogP contribution in [0.3, 0.4) is 0 Å². The number of amides is 1. The van der Waals surface area contributed by atoms with E-state index in [1.165, 1.54) is 11.1 Å². The lowest BCUT2D eigenvalue weighted by molar-refractivity contribution is 0.0764. The van der Waals surface area contributed by atoms with Gasteiger partial charge in [0.2, 0.25) is 0 Å². The number of benzene rings is 2. The van der Waals surface area contributed by atoms with Crippen LogP contribution in [0, 0.1) is 6.92 Å². The van der Waals surface area contributed by atoms with Crippen LogP contribution in [0.2, 0.25) is 5.02 Å². The fourth-order valence-electron chi connectivity index (χ4n) is 2.53. The molecule has 1 heterocycles. The molecule has 3 nitrogen and oxygen atoms in total. The largest absolute Gasteiger partial charge is 0.284 e. The third-order valence-corrected chi connectivity index (χ3v) is 3.99. The number of hydrogen-bond acceptors (Lipinski definition) is 2. The Labute approximate surface area is 129 Å². The predicted molar refractivity (Wildman–Crippen MR) is 84.2 cm³/mol. The summed E-state index contributed by atoms with van der Waals surface area (Å²) in [6, 6.07) is 13.5. The molecule has 2 aromatic rings. The van der Waals surface area contributed by atoms with Crippen molar-refractivity contribution in [3.05, 3.63) is 69.7 Å². The second-order valence-electron chi connectivity index (χ2n) is 5.39. The van der Waals surface area contributed by atoms with Crippen molar-refractivity contribution < 1.29 is 4.79 Å². The lowest BCUT2D eigenvalue weighted by Gasteiger charge is -2.29. The minimum atomic E-state index is -0.0626. The van der Waals surface area contributed by atoms with Crippen molar-refractivity contribution in [2.75, 3.05) is 6.54 Å². The maximum absolute atomic E-state index is 12.2. The fraction of sp³-hybridized carbons (Fsp3) is 0.235. The van der Waals surface area contributed by atoms with E-state index in [0.717, 1.165) is 23.6 Å². The summed E-state index contributed by atoms with van der Waals surface area (Å²) in [5, 5.41) is 2.73. The Bertz CT molecular complexity index is 667. The van der Waals surface area contributed by atoms with Crippen molar-refractivity contribution in [2.24, 2.45) is 0 Å². The van der Waals surface area contributed by atoms with Crippen LogP contribution >= 0.6 is 11.6 Å². The molecule has 1 N–H and O–H groups in total. The van der Waals surface area contributed by atoms with Crippen molar-refractivity contribution >= 4 is 17.5 Å². The third kappa shape index (κ3) is 3.26. The van der Waals surface area contributed by atoms with Crippen LogP contribution in [0.15, 0.2) is 42.5 Å². The number of rotatable bonds is 2. The van der Waals surface area contributed by atoms with Gasteiger partial charge in [-0.1, -0.05) is 35.4 Å².